The topological polar surface area (TPSA) is 83.3 Å². The molecule has 0 unspecified atom stereocenters. The van der Waals surface area contributed by atoms with E-state index in [0.717, 1.165) is 22.2 Å². The van der Waals surface area contributed by atoms with Gasteiger partial charge in [-0.05, 0) is 53.0 Å². The second-order valence-corrected chi connectivity index (χ2v) is 9.63. The third kappa shape index (κ3) is 6.65. The highest BCUT2D eigenvalue weighted by molar-refractivity contribution is 9.10. The summed E-state index contributed by atoms with van der Waals surface area (Å²) < 4.78 is 42.0. The van der Waals surface area contributed by atoms with Gasteiger partial charge < -0.3 is 16.0 Å². The molecule has 2 heterocycles. The molecule has 0 saturated carbocycles. The molecule has 37 heavy (non-hydrogen) atoms. The molecule has 3 N–H and O–H groups in total. The van der Waals surface area contributed by atoms with E-state index in [1.807, 2.05) is 24.3 Å². The number of carbonyl (C=O) groups excluding carboxylic acids is 1. The number of hydrogen-bond donors (Lipinski definition) is 3. The minimum absolute atomic E-state index is 0.0706. The maximum absolute atomic E-state index is 13.2. The van der Waals surface area contributed by atoms with Gasteiger partial charge in [0.25, 0.3) is 0 Å². The van der Waals surface area contributed by atoms with E-state index in [9.17, 15) is 18.0 Å². The van der Waals surface area contributed by atoms with Crippen LogP contribution in [0.2, 0.25) is 10.0 Å². The van der Waals surface area contributed by atoms with E-state index in [1.165, 1.54) is 6.07 Å². The van der Waals surface area contributed by atoms with Crippen LogP contribution in [-0.4, -0.2) is 33.7 Å². The molecule has 0 aliphatic carbocycles. The fraction of sp³-hybridized carbons (Fsp3) is 0.208. The number of rotatable bonds is 8. The van der Waals surface area contributed by atoms with E-state index in [1.54, 1.807) is 16.8 Å². The fourth-order valence-corrected chi connectivity index (χ4v) is 4.32. The summed E-state index contributed by atoms with van der Waals surface area (Å²) in [7, 11) is 0. The van der Waals surface area contributed by atoms with Crippen molar-refractivity contribution in [2.75, 3.05) is 23.7 Å². The Bertz CT molecular complexity index is 1430. The Hall–Kier alpha value is -3.02. The number of unbranched alkanes of at least 4 members (excludes halogenated alkanes) is 1. The van der Waals surface area contributed by atoms with Crippen LogP contribution in [0, 0.1) is 0 Å². The Morgan fingerprint density at radius 2 is 1.81 bits per heavy atom. The Morgan fingerprint density at radius 1 is 1.05 bits per heavy atom. The Kier molecular flexibility index (Phi) is 8.46. The number of fused-ring (bicyclic) bond motifs is 1. The molecule has 0 aliphatic rings. The molecule has 194 valence electrons. The van der Waals surface area contributed by atoms with Gasteiger partial charge in [0.1, 0.15) is 5.82 Å². The fourth-order valence-electron chi connectivity index (χ4n) is 3.56. The Morgan fingerprint density at radius 3 is 2.57 bits per heavy atom. The van der Waals surface area contributed by atoms with Crippen molar-refractivity contribution in [2.45, 2.75) is 19.0 Å². The van der Waals surface area contributed by atoms with E-state index >= 15 is 0 Å². The molecular weight excluding hydrogens is 596 g/mol. The standard InChI is InChI=1S/C24H20BrCl2F3N6O/c25-17-13-33-36-21(12-20(34-22(17)36)15-5-1-2-6-18(15)27)31-9-3-4-10-32-23(37)35-19-8-7-14(26)11-16(19)24(28,29)30/h1-2,5-8,11-13,31H,3-4,9-10H2,(H2,32,35,37). The average molecular weight is 616 g/mol. The van der Waals surface area contributed by atoms with E-state index < -0.39 is 17.8 Å². The molecular formula is C24H20BrCl2F3N6O. The number of carbonyl (C=O) groups is 1. The highest BCUT2D eigenvalue weighted by atomic mass is 79.9. The van der Waals surface area contributed by atoms with Crippen LogP contribution < -0.4 is 16.0 Å². The Labute approximate surface area is 228 Å². The third-order valence-corrected chi connectivity index (χ3v) is 6.43. The van der Waals surface area contributed by atoms with Gasteiger partial charge in [-0.25, -0.2) is 9.78 Å². The quantitative estimate of drug-likeness (QED) is 0.179. The zero-order chi connectivity index (χ0) is 26.6. The van der Waals surface area contributed by atoms with Gasteiger partial charge in [-0.1, -0.05) is 41.4 Å². The second-order valence-electron chi connectivity index (χ2n) is 7.94. The number of benzene rings is 2. The van der Waals surface area contributed by atoms with Crippen LogP contribution in [0.25, 0.3) is 16.9 Å². The van der Waals surface area contributed by atoms with Crippen LogP contribution in [0.5, 0.6) is 0 Å². The molecule has 0 spiro atoms. The van der Waals surface area contributed by atoms with Gasteiger partial charge in [-0.2, -0.15) is 22.8 Å². The lowest BCUT2D eigenvalue weighted by Crippen LogP contribution is -2.30. The monoisotopic (exact) mass is 614 g/mol. The maximum Gasteiger partial charge on any atom is 0.418 e. The highest BCUT2D eigenvalue weighted by Gasteiger charge is 2.34. The Balaban J connectivity index is 1.32. The van der Waals surface area contributed by atoms with Crippen molar-refractivity contribution in [3.63, 3.8) is 0 Å². The predicted octanol–water partition coefficient (Wildman–Crippen LogP) is 7.50. The average Bonchev–Trinajstić information content (AvgIpc) is 3.22. The molecule has 0 aliphatic heterocycles. The van der Waals surface area contributed by atoms with Crippen LogP contribution in [0.3, 0.4) is 0 Å². The first-order chi connectivity index (χ1) is 17.6. The van der Waals surface area contributed by atoms with Crippen molar-refractivity contribution in [1.82, 2.24) is 19.9 Å². The first-order valence-electron chi connectivity index (χ1n) is 11.1. The van der Waals surface area contributed by atoms with E-state index in [4.69, 9.17) is 23.2 Å². The molecule has 0 bridgehead atoms. The van der Waals surface area contributed by atoms with E-state index in [0.29, 0.717) is 41.6 Å². The molecule has 0 fully saturated rings. The first-order valence-corrected chi connectivity index (χ1v) is 12.6. The van der Waals surface area contributed by atoms with Crippen molar-refractivity contribution in [2.24, 2.45) is 0 Å². The lowest BCUT2D eigenvalue weighted by atomic mass is 10.1. The SMILES string of the molecule is O=C(NCCCCNc1cc(-c2ccccc2Cl)nc2c(Br)cnn12)Nc1ccc(Cl)cc1C(F)(F)F. The largest absolute Gasteiger partial charge is 0.418 e. The van der Waals surface area contributed by atoms with Crippen LogP contribution in [0.1, 0.15) is 18.4 Å². The highest BCUT2D eigenvalue weighted by Crippen LogP contribution is 2.36. The normalized spacial score (nSPS) is 11.5. The molecule has 0 saturated heterocycles. The van der Waals surface area contributed by atoms with E-state index in [-0.39, 0.29) is 17.3 Å². The van der Waals surface area contributed by atoms with Gasteiger partial charge in [0.15, 0.2) is 5.65 Å². The summed E-state index contributed by atoms with van der Waals surface area (Å²) in [5, 5.41) is 13.0. The maximum atomic E-state index is 13.2. The van der Waals surface area contributed by atoms with Crippen LogP contribution in [0.15, 0.2) is 59.2 Å². The summed E-state index contributed by atoms with van der Waals surface area (Å²) in [5.41, 5.74) is 0.716. The summed E-state index contributed by atoms with van der Waals surface area (Å²) in [6.07, 6.45) is -1.74. The minimum Gasteiger partial charge on any atom is -0.370 e. The number of aromatic nitrogens is 3. The molecule has 4 rings (SSSR count). The van der Waals surface area contributed by atoms with E-state index in [2.05, 4.69) is 42.0 Å². The molecule has 2 amide bonds. The third-order valence-electron chi connectivity index (χ3n) is 5.31. The first kappa shape index (κ1) is 27.0. The summed E-state index contributed by atoms with van der Waals surface area (Å²) in [5.74, 6) is 0.707. The lowest BCUT2D eigenvalue weighted by Gasteiger charge is -2.15. The van der Waals surface area contributed by atoms with Crippen molar-refractivity contribution < 1.29 is 18.0 Å². The molecule has 13 heteroatoms. The lowest BCUT2D eigenvalue weighted by molar-refractivity contribution is -0.136. The van der Waals surface area contributed by atoms with Gasteiger partial charge in [-0.3, -0.25) is 0 Å². The zero-order valence-corrected chi connectivity index (χ0v) is 22.1. The molecule has 0 atom stereocenters. The molecule has 2 aromatic carbocycles. The number of urea groups is 1. The molecule has 7 nitrogen and oxygen atoms in total. The number of nitrogens with zero attached hydrogens (tertiary/aromatic N) is 3. The second kappa shape index (κ2) is 11.6. The van der Waals surface area contributed by atoms with Gasteiger partial charge in [0.05, 0.1) is 27.6 Å². The van der Waals surface area contributed by atoms with Gasteiger partial charge in [0, 0.05) is 34.8 Å². The number of anilines is 2. The summed E-state index contributed by atoms with van der Waals surface area (Å²) in [6.45, 7) is 0.823. The predicted molar refractivity (Wildman–Crippen MR) is 142 cm³/mol. The number of alkyl halides is 3. The minimum atomic E-state index is -4.65. The number of hydrogen-bond acceptors (Lipinski definition) is 4. The smallest absolute Gasteiger partial charge is 0.370 e. The number of halogens is 6. The summed E-state index contributed by atoms with van der Waals surface area (Å²) >= 11 is 15.5. The van der Waals surface area contributed by atoms with Crippen molar-refractivity contribution >= 4 is 62.3 Å². The number of amides is 2. The zero-order valence-electron chi connectivity index (χ0n) is 19.0. The molecule has 4 aromatic rings. The van der Waals surface area contributed by atoms with Crippen molar-refractivity contribution in [3.05, 3.63) is 74.8 Å². The van der Waals surface area contributed by atoms with Crippen LogP contribution >= 0.6 is 39.1 Å². The molecule has 2 aromatic heterocycles. The van der Waals surface area contributed by atoms with Gasteiger partial charge in [-0.15, -0.1) is 0 Å². The van der Waals surface area contributed by atoms with Gasteiger partial charge in [0.2, 0.25) is 0 Å². The summed E-state index contributed by atoms with van der Waals surface area (Å²) in [4.78, 5) is 16.8. The van der Waals surface area contributed by atoms with Crippen molar-refractivity contribution in [1.29, 1.82) is 0 Å². The number of nitrogens with one attached hydrogen (secondary N) is 3. The summed E-state index contributed by atoms with van der Waals surface area (Å²) in [6, 6.07) is 11.7. The van der Waals surface area contributed by atoms with Gasteiger partial charge >= 0.3 is 12.2 Å². The molecule has 0 radical (unpaired) electrons. The van der Waals surface area contributed by atoms with Crippen molar-refractivity contribution in [3.8, 4) is 11.3 Å². The van der Waals surface area contributed by atoms with Crippen LogP contribution in [0.4, 0.5) is 29.5 Å². The van der Waals surface area contributed by atoms with Crippen LogP contribution in [-0.2, 0) is 6.18 Å².